The van der Waals surface area contributed by atoms with Crippen molar-refractivity contribution in [2.45, 2.75) is 26.4 Å². The van der Waals surface area contributed by atoms with Crippen molar-refractivity contribution in [2.75, 3.05) is 4.90 Å². The second-order valence-corrected chi connectivity index (χ2v) is 6.73. The van der Waals surface area contributed by atoms with E-state index in [1.807, 2.05) is 24.3 Å². The van der Waals surface area contributed by atoms with Crippen molar-refractivity contribution in [3.05, 3.63) is 84.8 Å². The van der Waals surface area contributed by atoms with Gasteiger partial charge in [0.05, 0.1) is 12.2 Å². The highest BCUT2D eigenvalue weighted by Gasteiger charge is 2.15. The molecule has 0 aliphatic carbocycles. The molecule has 4 rings (SSSR count). The lowest BCUT2D eigenvalue weighted by molar-refractivity contribution is 0.571. The molecule has 0 amide bonds. The third-order valence-corrected chi connectivity index (χ3v) is 4.62. The zero-order chi connectivity index (χ0) is 17.9. The van der Waals surface area contributed by atoms with Crippen LogP contribution in [0.25, 0.3) is 22.2 Å². The maximum Gasteiger partial charge on any atom is 0.226 e. The fraction of sp³-hybridized carbons (Fsp3) is 0.174. The summed E-state index contributed by atoms with van der Waals surface area (Å²) in [6.45, 7) is 5.10. The van der Waals surface area contributed by atoms with Gasteiger partial charge in [-0.2, -0.15) is 0 Å². The van der Waals surface area contributed by atoms with E-state index in [0.717, 1.165) is 23.2 Å². The van der Waals surface area contributed by atoms with Gasteiger partial charge in [0.2, 0.25) is 5.89 Å². The minimum Gasteiger partial charge on any atom is -0.444 e. The van der Waals surface area contributed by atoms with Crippen LogP contribution in [0.4, 0.5) is 5.69 Å². The summed E-state index contributed by atoms with van der Waals surface area (Å²) in [5.74, 6) is 0.675. The number of benzene rings is 3. The molecule has 0 N–H and O–H groups in total. The number of nitrogens with zero attached hydrogens (tertiary/aromatic N) is 2. The van der Waals surface area contributed by atoms with E-state index in [4.69, 9.17) is 9.40 Å². The lowest BCUT2D eigenvalue weighted by atomic mass is 10.0. The molecule has 0 bridgehead atoms. The van der Waals surface area contributed by atoms with Crippen LogP contribution in [0.3, 0.4) is 0 Å². The first-order chi connectivity index (χ1) is 12.7. The van der Waals surface area contributed by atoms with Gasteiger partial charge in [-0.15, -0.1) is 0 Å². The van der Waals surface area contributed by atoms with E-state index in [-0.39, 0.29) is 0 Å². The maximum absolute atomic E-state index is 5.84. The molecule has 0 atom stereocenters. The summed E-state index contributed by atoms with van der Waals surface area (Å²) in [5, 5.41) is 2.35. The number of aromatic nitrogens is 1. The van der Waals surface area contributed by atoms with Gasteiger partial charge in [-0.05, 0) is 42.8 Å². The van der Waals surface area contributed by atoms with Crippen LogP contribution >= 0.6 is 0 Å². The second-order valence-electron chi connectivity index (χ2n) is 6.73. The molecule has 0 radical (unpaired) electrons. The number of oxazole rings is 1. The van der Waals surface area contributed by atoms with Gasteiger partial charge in [0.25, 0.3) is 0 Å². The second kappa shape index (κ2) is 7.04. The first kappa shape index (κ1) is 16.4. The Hall–Kier alpha value is -3.07. The Morgan fingerprint density at radius 1 is 0.885 bits per heavy atom. The van der Waals surface area contributed by atoms with Crippen LogP contribution in [0.5, 0.6) is 0 Å². The minimum absolute atomic E-state index is 0.370. The van der Waals surface area contributed by atoms with Crippen LogP contribution in [0.15, 0.2) is 83.5 Å². The van der Waals surface area contributed by atoms with E-state index in [9.17, 15) is 0 Å². The van der Waals surface area contributed by atoms with Crippen LogP contribution in [0.1, 0.15) is 19.5 Å². The van der Waals surface area contributed by atoms with Gasteiger partial charge in [-0.3, -0.25) is 0 Å². The molecule has 3 aromatic carbocycles. The standard InChI is InChI=1S/C23H22N2O/c1-17(2)25(20-11-4-3-5-12-20)15-19-16-26-23(24-19)22-14-8-10-18-9-6-7-13-21(18)22/h3-14,16-17H,15H2,1-2H3. The Balaban J connectivity index is 1.65. The van der Waals surface area contributed by atoms with E-state index >= 15 is 0 Å². The van der Waals surface area contributed by atoms with Gasteiger partial charge in [0.15, 0.2) is 0 Å². The average Bonchev–Trinajstić information content (AvgIpc) is 3.14. The summed E-state index contributed by atoms with van der Waals surface area (Å²) in [6, 6.07) is 25.3. The summed E-state index contributed by atoms with van der Waals surface area (Å²) in [7, 11) is 0. The molecule has 0 spiro atoms. The highest BCUT2D eigenvalue weighted by Crippen LogP contribution is 2.28. The monoisotopic (exact) mass is 342 g/mol. The number of fused-ring (bicyclic) bond motifs is 1. The highest BCUT2D eigenvalue weighted by molar-refractivity contribution is 5.94. The molecule has 0 saturated heterocycles. The fourth-order valence-electron chi connectivity index (χ4n) is 3.28. The van der Waals surface area contributed by atoms with Crippen LogP contribution in [0.2, 0.25) is 0 Å². The number of hydrogen-bond acceptors (Lipinski definition) is 3. The third-order valence-electron chi connectivity index (χ3n) is 4.62. The molecular weight excluding hydrogens is 320 g/mol. The fourth-order valence-corrected chi connectivity index (χ4v) is 3.28. The molecular formula is C23H22N2O. The Bertz CT molecular complexity index is 1000. The van der Waals surface area contributed by atoms with Crippen molar-refractivity contribution in [1.29, 1.82) is 0 Å². The van der Waals surface area contributed by atoms with Gasteiger partial charge in [0.1, 0.15) is 6.26 Å². The number of para-hydroxylation sites is 1. The van der Waals surface area contributed by atoms with Crippen molar-refractivity contribution in [2.24, 2.45) is 0 Å². The third kappa shape index (κ3) is 3.21. The lowest BCUT2D eigenvalue weighted by Crippen LogP contribution is -2.30. The van der Waals surface area contributed by atoms with E-state index in [1.54, 1.807) is 6.26 Å². The van der Waals surface area contributed by atoms with Gasteiger partial charge in [0, 0.05) is 17.3 Å². The Morgan fingerprint density at radius 3 is 2.42 bits per heavy atom. The van der Waals surface area contributed by atoms with Crippen molar-refractivity contribution < 1.29 is 4.42 Å². The van der Waals surface area contributed by atoms with Crippen LogP contribution in [-0.4, -0.2) is 11.0 Å². The summed E-state index contributed by atoms with van der Waals surface area (Å²) in [4.78, 5) is 7.09. The van der Waals surface area contributed by atoms with Crippen molar-refractivity contribution in [3.63, 3.8) is 0 Å². The molecule has 0 aliphatic rings. The molecule has 3 nitrogen and oxygen atoms in total. The highest BCUT2D eigenvalue weighted by atomic mass is 16.3. The molecule has 3 heteroatoms. The topological polar surface area (TPSA) is 29.3 Å². The van der Waals surface area contributed by atoms with E-state index in [1.165, 1.54) is 11.1 Å². The predicted octanol–water partition coefficient (Wildman–Crippen LogP) is 5.91. The molecule has 1 aromatic heterocycles. The summed E-state index contributed by atoms with van der Waals surface area (Å²) in [5.41, 5.74) is 3.16. The maximum atomic E-state index is 5.84. The van der Waals surface area contributed by atoms with E-state index in [0.29, 0.717) is 11.9 Å². The molecule has 0 saturated carbocycles. The van der Waals surface area contributed by atoms with Crippen LogP contribution < -0.4 is 4.90 Å². The molecule has 26 heavy (non-hydrogen) atoms. The summed E-state index contributed by atoms with van der Waals surface area (Å²) >= 11 is 0. The predicted molar refractivity (Wildman–Crippen MR) is 107 cm³/mol. The Morgan fingerprint density at radius 2 is 1.62 bits per heavy atom. The molecule has 0 aliphatic heterocycles. The van der Waals surface area contributed by atoms with Crippen LogP contribution in [0, 0.1) is 0 Å². The zero-order valence-electron chi connectivity index (χ0n) is 15.1. The average molecular weight is 342 g/mol. The number of hydrogen-bond donors (Lipinski definition) is 0. The largest absolute Gasteiger partial charge is 0.444 e. The van der Waals surface area contributed by atoms with Gasteiger partial charge in [-0.25, -0.2) is 4.98 Å². The molecule has 0 fully saturated rings. The lowest BCUT2D eigenvalue weighted by Gasteiger charge is -2.28. The van der Waals surface area contributed by atoms with E-state index in [2.05, 4.69) is 67.3 Å². The number of rotatable bonds is 5. The minimum atomic E-state index is 0.370. The summed E-state index contributed by atoms with van der Waals surface area (Å²) < 4.78 is 5.84. The molecule has 130 valence electrons. The summed E-state index contributed by atoms with van der Waals surface area (Å²) in [6.07, 6.45) is 1.77. The zero-order valence-corrected chi connectivity index (χ0v) is 15.1. The Kier molecular flexibility index (Phi) is 4.44. The molecule has 1 heterocycles. The first-order valence-corrected chi connectivity index (χ1v) is 8.96. The Labute approximate surface area is 153 Å². The van der Waals surface area contributed by atoms with Gasteiger partial charge in [-0.1, -0.05) is 54.6 Å². The quantitative estimate of drug-likeness (QED) is 0.451. The molecule has 4 aromatic rings. The SMILES string of the molecule is CC(C)N(Cc1coc(-c2cccc3ccccc23)n1)c1ccccc1. The molecule has 0 unspecified atom stereocenters. The van der Waals surface area contributed by atoms with Crippen molar-refractivity contribution >= 4 is 16.5 Å². The van der Waals surface area contributed by atoms with Crippen molar-refractivity contribution in [3.8, 4) is 11.5 Å². The first-order valence-electron chi connectivity index (χ1n) is 8.96. The van der Waals surface area contributed by atoms with Crippen LogP contribution in [-0.2, 0) is 6.54 Å². The van der Waals surface area contributed by atoms with Gasteiger partial charge < -0.3 is 9.32 Å². The normalized spacial score (nSPS) is 11.2. The van der Waals surface area contributed by atoms with E-state index < -0.39 is 0 Å². The van der Waals surface area contributed by atoms with Crippen molar-refractivity contribution in [1.82, 2.24) is 4.98 Å². The van der Waals surface area contributed by atoms with Gasteiger partial charge >= 0.3 is 0 Å². The smallest absolute Gasteiger partial charge is 0.226 e. The number of anilines is 1.